The predicted molar refractivity (Wildman–Crippen MR) is 122 cm³/mol. The van der Waals surface area contributed by atoms with Crippen LogP contribution in [-0.2, 0) is 4.74 Å². The highest BCUT2D eigenvalue weighted by molar-refractivity contribution is 4.70. The lowest BCUT2D eigenvalue weighted by molar-refractivity contribution is 0.0530. The molecular formula is C25H53NO. The van der Waals surface area contributed by atoms with E-state index < -0.39 is 0 Å². The van der Waals surface area contributed by atoms with Crippen LogP contribution in [0.25, 0.3) is 0 Å². The van der Waals surface area contributed by atoms with Crippen molar-refractivity contribution in [3.63, 3.8) is 0 Å². The number of ether oxygens (including phenoxy) is 1. The molecule has 0 aromatic heterocycles. The first-order valence-corrected chi connectivity index (χ1v) is 12.3. The molecule has 4 atom stereocenters. The summed E-state index contributed by atoms with van der Waals surface area (Å²) in [5.41, 5.74) is 0. The maximum atomic E-state index is 5.85. The Kier molecular flexibility index (Phi) is 17.9. The molecular weight excluding hydrogens is 330 g/mol. The number of nitrogens with one attached hydrogen (secondary N) is 1. The minimum Gasteiger partial charge on any atom is -0.379 e. The van der Waals surface area contributed by atoms with Crippen molar-refractivity contribution in [2.75, 3.05) is 19.7 Å². The van der Waals surface area contributed by atoms with Crippen LogP contribution in [0.1, 0.15) is 113 Å². The van der Waals surface area contributed by atoms with E-state index in [4.69, 9.17) is 4.74 Å². The highest BCUT2D eigenvalue weighted by Gasteiger charge is 2.19. The molecule has 0 aromatic carbocycles. The fraction of sp³-hybridized carbons (Fsp3) is 1.00. The Balaban J connectivity index is 3.64. The van der Waals surface area contributed by atoms with Crippen molar-refractivity contribution >= 4 is 0 Å². The smallest absolute Gasteiger partial charge is 0.0544 e. The molecule has 0 aliphatic heterocycles. The zero-order chi connectivity index (χ0) is 20.5. The van der Waals surface area contributed by atoms with Gasteiger partial charge in [-0.25, -0.2) is 0 Å². The van der Waals surface area contributed by atoms with E-state index in [2.05, 4.69) is 53.8 Å². The molecule has 0 rings (SSSR count). The van der Waals surface area contributed by atoms with E-state index in [0.717, 1.165) is 36.7 Å². The van der Waals surface area contributed by atoms with Gasteiger partial charge in [0.25, 0.3) is 0 Å². The second-order valence-corrected chi connectivity index (χ2v) is 9.21. The molecule has 0 spiro atoms. The zero-order valence-corrected chi connectivity index (χ0v) is 20.0. The molecule has 2 nitrogen and oxygen atoms in total. The lowest BCUT2D eigenvalue weighted by atomic mass is 9.79. The normalized spacial score (nSPS) is 16.4. The van der Waals surface area contributed by atoms with Crippen LogP contribution in [-0.4, -0.2) is 25.8 Å². The number of rotatable bonds is 19. The van der Waals surface area contributed by atoms with Crippen molar-refractivity contribution in [2.24, 2.45) is 23.7 Å². The largest absolute Gasteiger partial charge is 0.379 e. The van der Waals surface area contributed by atoms with Crippen LogP contribution in [0.3, 0.4) is 0 Å². The first-order valence-electron chi connectivity index (χ1n) is 12.3. The van der Waals surface area contributed by atoms with Gasteiger partial charge in [-0.2, -0.15) is 0 Å². The van der Waals surface area contributed by atoms with Gasteiger partial charge in [0.15, 0.2) is 0 Å². The van der Waals surface area contributed by atoms with Gasteiger partial charge < -0.3 is 10.1 Å². The van der Waals surface area contributed by atoms with Crippen molar-refractivity contribution in [3.05, 3.63) is 0 Å². The van der Waals surface area contributed by atoms with Gasteiger partial charge >= 0.3 is 0 Å². The Morgan fingerprint density at radius 3 is 2.04 bits per heavy atom. The number of hydrogen-bond donors (Lipinski definition) is 1. The first-order chi connectivity index (χ1) is 13.0. The maximum Gasteiger partial charge on any atom is 0.0544 e. The van der Waals surface area contributed by atoms with Gasteiger partial charge in [0.1, 0.15) is 0 Å². The summed E-state index contributed by atoms with van der Waals surface area (Å²) in [5.74, 6) is 3.46. The third-order valence-electron chi connectivity index (χ3n) is 6.52. The fourth-order valence-corrected chi connectivity index (χ4v) is 4.29. The fourth-order valence-electron chi connectivity index (χ4n) is 4.29. The van der Waals surface area contributed by atoms with Crippen LogP contribution in [0.15, 0.2) is 0 Å². The molecule has 0 radical (unpaired) electrons. The Labute approximate surface area is 172 Å². The first kappa shape index (κ1) is 26.9. The topological polar surface area (TPSA) is 21.3 Å². The average molecular weight is 384 g/mol. The Morgan fingerprint density at radius 1 is 0.741 bits per heavy atom. The van der Waals surface area contributed by atoms with Crippen LogP contribution < -0.4 is 5.32 Å². The van der Waals surface area contributed by atoms with Gasteiger partial charge in [-0.1, -0.05) is 73.6 Å². The highest BCUT2D eigenvalue weighted by Crippen LogP contribution is 2.28. The van der Waals surface area contributed by atoms with Crippen LogP contribution in [0.4, 0.5) is 0 Å². The van der Waals surface area contributed by atoms with E-state index >= 15 is 0 Å². The minimum absolute atomic E-state index is 0.423. The zero-order valence-electron chi connectivity index (χ0n) is 20.0. The van der Waals surface area contributed by atoms with Crippen LogP contribution in [0.2, 0.25) is 0 Å². The minimum atomic E-state index is 0.423. The second kappa shape index (κ2) is 18.0. The van der Waals surface area contributed by atoms with E-state index in [1.54, 1.807) is 0 Å². The van der Waals surface area contributed by atoms with Gasteiger partial charge in [0, 0.05) is 6.61 Å². The van der Waals surface area contributed by atoms with Gasteiger partial charge in [-0.15, -0.1) is 0 Å². The molecule has 4 unspecified atom stereocenters. The summed E-state index contributed by atoms with van der Waals surface area (Å²) in [6.07, 6.45) is 13.6. The molecule has 0 heterocycles. The molecule has 1 N–H and O–H groups in total. The Bertz CT molecular complexity index is 305. The summed E-state index contributed by atoms with van der Waals surface area (Å²) in [4.78, 5) is 0. The molecule has 0 bridgehead atoms. The Hall–Kier alpha value is -0.0800. The van der Waals surface area contributed by atoms with E-state index in [9.17, 15) is 0 Å². The van der Waals surface area contributed by atoms with Crippen molar-refractivity contribution < 1.29 is 4.74 Å². The molecule has 0 aliphatic rings. The third-order valence-corrected chi connectivity index (χ3v) is 6.52. The van der Waals surface area contributed by atoms with Gasteiger partial charge in [-0.05, 0) is 75.8 Å². The van der Waals surface area contributed by atoms with E-state index in [1.165, 1.54) is 70.9 Å². The van der Waals surface area contributed by atoms with Gasteiger partial charge in [0.2, 0.25) is 0 Å². The van der Waals surface area contributed by atoms with Crippen LogP contribution >= 0.6 is 0 Å². The molecule has 0 aromatic rings. The lowest BCUT2D eigenvalue weighted by Gasteiger charge is -2.27. The predicted octanol–water partition coefficient (Wildman–Crippen LogP) is 7.47. The molecule has 0 saturated heterocycles. The van der Waals surface area contributed by atoms with Crippen molar-refractivity contribution in [3.8, 4) is 0 Å². The summed E-state index contributed by atoms with van der Waals surface area (Å²) >= 11 is 0. The van der Waals surface area contributed by atoms with Crippen molar-refractivity contribution in [1.82, 2.24) is 5.32 Å². The number of unbranched alkanes of at least 4 members (excludes halogenated alkanes) is 1. The summed E-state index contributed by atoms with van der Waals surface area (Å²) in [6, 6.07) is 0. The molecule has 0 fully saturated rings. The molecule has 2 heteroatoms. The standard InChI is InChI=1S/C25H53NO/c1-8-14-25(21(4)5)22(6)15-13-19-26-18-12-11-16-24(10-3)17-20-27-23(7)9-2/h21-26H,8-20H2,1-7H3. The highest BCUT2D eigenvalue weighted by atomic mass is 16.5. The molecule has 0 saturated carbocycles. The third kappa shape index (κ3) is 14.6. The number of hydrogen-bond acceptors (Lipinski definition) is 2. The van der Waals surface area contributed by atoms with Gasteiger partial charge in [0.05, 0.1) is 6.10 Å². The molecule has 164 valence electrons. The average Bonchev–Trinajstić information content (AvgIpc) is 2.65. The summed E-state index contributed by atoms with van der Waals surface area (Å²) in [6.45, 7) is 19.6. The maximum absolute atomic E-state index is 5.85. The molecule has 27 heavy (non-hydrogen) atoms. The summed E-state index contributed by atoms with van der Waals surface area (Å²) < 4.78 is 5.85. The monoisotopic (exact) mass is 383 g/mol. The van der Waals surface area contributed by atoms with Crippen molar-refractivity contribution in [1.29, 1.82) is 0 Å². The summed E-state index contributed by atoms with van der Waals surface area (Å²) in [5, 5.41) is 3.67. The van der Waals surface area contributed by atoms with Gasteiger partial charge in [-0.3, -0.25) is 0 Å². The quantitative estimate of drug-likeness (QED) is 0.234. The molecule has 0 aliphatic carbocycles. The van der Waals surface area contributed by atoms with E-state index in [-0.39, 0.29) is 0 Å². The van der Waals surface area contributed by atoms with Crippen LogP contribution in [0, 0.1) is 23.7 Å². The van der Waals surface area contributed by atoms with E-state index in [1.807, 2.05) is 0 Å². The second-order valence-electron chi connectivity index (χ2n) is 9.21. The summed E-state index contributed by atoms with van der Waals surface area (Å²) in [7, 11) is 0. The van der Waals surface area contributed by atoms with Crippen molar-refractivity contribution in [2.45, 2.75) is 119 Å². The lowest BCUT2D eigenvalue weighted by Crippen LogP contribution is -2.21. The van der Waals surface area contributed by atoms with Crippen LogP contribution in [0.5, 0.6) is 0 Å². The molecule has 0 amide bonds. The Morgan fingerprint density at radius 2 is 1.44 bits per heavy atom. The van der Waals surface area contributed by atoms with E-state index in [0.29, 0.717) is 6.10 Å². The SMILES string of the molecule is CCCC(C(C)C)C(C)CCCNCCCCC(CC)CCOC(C)CC.